The number of imidazole rings is 1. The Balaban J connectivity index is 2.51. The molecule has 0 saturated carbocycles. The lowest BCUT2D eigenvalue weighted by molar-refractivity contribution is -0.143. The molecule has 0 spiro atoms. The van der Waals surface area contributed by atoms with E-state index in [0.717, 1.165) is 0 Å². The van der Waals surface area contributed by atoms with Gasteiger partial charge in [0, 0.05) is 49.0 Å². The van der Waals surface area contributed by atoms with Gasteiger partial charge in [0.2, 0.25) is 35.4 Å². The maximum atomic E-state index is 14.4. The first-order chi connectivity index (χ1) is 33.1. The number of H-pyrrole nitrogens is 1. The summed E-state index contributed by atoms with van der Waals surface area (Å²) in [6, 6.07) is 0.426. The van der Waals surface area contributed by atoms with Crippen LogP contribution in [-0.4, -0.2) is 130 Å². The number of rotatable bonds is 34. The van der Waals surface area contributed by atoms with Crippen LogP contribution in [0.3, 0.4) is 0 Å². The quantitative estimate of drug-likeness (QED) is 0.0201. The number of nitrogens with one attached hydrogen (secondary N) is 6. The number of amides is 6. The zero-order chi connectivity index (χ0) is 52.4. The third-order valence-electron chi connectivity index (χ3n) is 11.1. The van der Waals surface area contributed by atoms with Gasteiger partial charge in [-0.3, -0.25) is 48.1 Å². The van der Waals surface area contributed by atoms with Crippen molar-refractivity contribution in [2.45, 2.75) is 140 Å². The Hall–Kier alpha value is -6.79. The van der Waals surface area contributed by atoms with Crippen LogP contribution in [0.15, 0.2) is 47.8 Å². The van der Waals surface area contributed by atoms with Crippen molar-refractivity contribution in [1.82, 2.24) is 36.6 Å². The van der Waals surface area contributed by atoms with Crippen molar-refractivity contribution < 1.29 is 48.3 Å². The van der Waals surface area contributed by atoms with Gasteiger partial charge in [0.1, 0.15) is 30.0 Å². The van der Waals surface area contributed by atoms with Crippen LogP contribution in [0.4, 0.5) is 0 Å². The van der Waals surface area contributed by atoms with Crippen molar-refractivity contribution in [2.24, 2.45) is 50.7 Å². The number of hydrogen-bond donors (Lipinski definition) is 13. The van der Waals surface area contributed by atoms with Crippen molar-refractivity contribution in [1.29, 1.82) is 0 Å². The Labute approximate surface area is 407 Å². The van der Waals surface area contributed by atoms with Gasteiger partial charge >= 0.3 is 5.97 Å². The molecule has 1 heterocycles. The SMILES string of the molecule is CC(C)(C)C(=O)[C@H](CC(=O)O)CC(=O)[C@H](CCCCN)NC(=O)[C@H](CC(N)=O)NC(=O)[C@H](Cc1ccccc1)NC(=O)[C@H](CCCN=C(N)N)NC(=O)[C@H](Cc1cnc[nH]1)NC(=O)[C@@H](N)CCCCN. The molecule has 0 bridgehead atoms. The highest BCUT2D eigenvalue weighted by Crippen LogP contribution is 2.26. The summed E-state index contributed by atoms with van der Waals surface area (Å²) in [5.74, 6) is -9.08. The molecule has 70 heavy (non-hydrogen) atoms. The minimum Gasteiger partial charge on any atom is -0.481 e. The Morgan fingerprint density at radius 1 is 0.657 bits per heavy atom. The molecule has 24 heteroatoms. The van der Waals surface area contributed by atoms with Crippen LogP contribution in [0.2, 0.25) is 0 Å². The topological polar surface area (TPSA) is 431 Å². The minimum atomic E-state index is -1.69. The summed E-state index contributed by atoms with van der Waals surface area (Å²) in [5, 5.41) is 22.6. The number of guanidine groups is 1. The van der Waals surface area contributed by atoms with E-state index in [0.29, 0.717) is 49.9 Å². The van der Waals surface area contributed by atoms with E-state index in [1.807, 2.05) is 0 Å². The molecule has 0 radical (unpaired) electrons. The van der Waals surface area contributed by atoms with E-state index < -0.39 is 120 Å². The van der Waals surface area contributed by atoms with Crippen molar-refractivity contribution in [3.8, 4) is 0 Å². The number of primary amides is 1. The van der Waals surface area contributed by atoms with Gasteiger partial charge in [-0.1, -0.05) is 57.5 Å². The average Bonchev–Trinajstić information content (AvgIpc) is 3.81. The third-order valence-corrected chi connectivity index (χ3v) is 11.1. The van der Waals surface area contributed by atoms with Crippen molar-refractivity contribution in [3.63, 3.8) is 0 Å². The smallest absolute Gasteiger partial charge is 0.304 e. The third kappa shape index (κ3) is 22.5. The molecule has 19 N–H and O–H groups in total. The number of unbranched alkanes of at least 4 members (excludes halogenated alkanes) is 2. The summed E-state index contributed by atoms with van der Waals surface area (Å²) in [6.07, 6.45) is 3.11. The second kappa shape index (κ2) is 30.6. The van der Waals surface area contributed by atoms with Gasteiger partial charge in [0.15, 0.2) is 11.7 Å². The van der Waals surface area contributed by atoms with E-state index >= 15 is 0 Å². The van der Waals surface area contributed by atoms with Crippen LogP contribution < -0.4 is 61.0 Å². The van der Waals surface area contributed by atoms with Crippen LogP contribution in [0.1, 0.15) is 103 Å². The lowest BCUT2D eigenvalue weighted by Gasteiger charge is -2.28. The zero-order valence-corrected chi connectivity index (χ0v) is 40.4. The molecular formula is C46H74N14O10. The van der Waals surface area contributed by atoms with E-state index in [1.54, 1.807) is 51.1 Å². The summed E-state index contributed by atoms with van der Waals surface area (Å²) in [5.41, 5.74) is 34.0. The summed E-state index contributed by atoms with van der Waals surface area (Å²) >= 11 is 0. The number of carboxylic acid groups (broad SMARTS) is 1. The minimum absolute atomic E-state index is 0.0273. The van der Waals surface area contributed by atoms with Crippen molar-refractivity contribution in [3.05, 3.63) is 54.1 Å². The number of ketones is 2. The maximum Gasteiger partial charge on any atom is 0.304 e. The number of aromatic amines is 1. The Bertz CT molecular complexity index is 2060. The summed E-state index contributed by atoms with van der Waals surface area (Å²) < 4.78 is 0. The molecule has 0 aliphatic carbocycles. The lowest BCUT2D eigenvalue weighted by atomic mass is 9.78. The van der Waals surface area contributed by atoms with Gasteiger partial charge in [-0.05, 0) is 63.6 Å². The van der Waals surface area contributed by atoms with Crippen LogP contribution in [0.5, 0.6) is 0 Å². The Morgan fingerprint density at radius 3 is 1.74 bits per heavy atom. The highest BCUT2D eigenvalue weighted by atomic mass is 16.4. The molecule has 0 aliphatic rings. The molecular weight excluding hydrogens is 909 g/mol. The van der Waals surface area contributed by atoms with Crippen LogP contribution in [0.25, 0.3) is 0 Å². The number of carboxylic acids is 1. The van der Waals surface area contributed by atoms with Gasteiger partial charge in [-0.25, -0.2) is 4.98 Å². The van der Waals surface area contributed by atoms with Crippen LogP contribution >= 0.6 is 0 Å². The first kappa shape index (κ1) is 59.3. The van der Waals surface area contributed by atoms with E-state index in [4.69, 9.17) is 34.4 Å². The molecule has 2 rings (SSSR count). The fourth-order valence-electron chi connectivity index (χ4n) is 7.35. The molecule has 0 unspecified atom stereocenters. The second-order valence-electron chi connectivity index (χ2n) is 18.2. The van der Waals surface area contributed by atoms with Gasteiger partial charge in [-0.15, -0.1) is 0 Å². The fraction of sp³-hybridized carbons (Fsp3) is 0.587. The molecule has 24 nitrogen and oxygen atoms in total. The number of aliphatic imine (C=N–C) groups is 1. The van der Waals surface area contributed by atoms with Crippen LogP contribution in [0, 0.1) is 11.3 Å². The molecule has 0 fully saturated rings. The first-order valence-electron chi connectivity index (χ1n) is 23.4. The van der Waals surface area contributed by atoms with Gasteiger partial charge < -0.3 is 71.1 Å². The molecule has 6 amide bonds. The van der Waals surface area contributed by atoms with Gasteiger partial charge in [0.25, 0.3) is 0 Å². The highest BCUT2D eigenvalue weighted by Gasteiger charge is 2.37. The number of carbonyl (C=O) groups excluding carboxylic acids is 8. The molecule has 388 valence electrons. The molecule has 0 aliphatic heterocycles. The number of nitrogens with zero attached hydrogens (tertiary/aromatic N) is 2. The molecule has 7 atom stereocenters. The molecule has 2 aromatic rings. The maximum absolute atomic E-state index is 14.4. The predicted octanol–water partition coefficient (Wildman–Crippen LogP) is -2.20. The van der Waals surface area contributed by atoms with Gasteiger partial charge in [0.05, 0.1) is 31.3 Å². The average molecular weight is 983 g/mol. The van der Waals surface area contributed by atoms with Crippen molar-refractivity contribution >= 4 is 58.9 Å². The number of nitrogens with two attached hydrogens (primary N) is 6. The highest BCUT2D eigenvalue weighted by molar-refractivity contribution is 5.99. The number of aromatic nitrogens is 2. The first-order valence-corrected chi connectivity index (χ1v) is 23.4. The summed E-state index contributed by atoms with van der Waals surface area (Å²) in [7, 11) is 0. The predicted molar refractivity (Wildman–Crippen MR) is 259 cm³/mol. The van der Waals surface area contributed by atoms with Crippen molar-refractivity contribution in [2.75, 3.05) is 19.6 Å². The molecule has 1 aromatic carbocycles. The second-order valence-corrected chi connectivity index (χ2v) is 18.2. The van der Waals surface area contributed by atoms with E-state index in [-0.39, 0.29) is 51.2 Å². The molecule has 1 aromatic heterocycles. The van der Waals surface area contributed by atoms with E-state index in [1.165, 1.54) is 12.5 Å². The van der Waals surface area contributed by atoms with E-state index in [9.17, 15) is 48.3 Å². The number of aliphatic carboxylic acids is 1. The lowest BCUT2D eigenvalue weighted by Crippen LogP contribution is -2.60. The summed E-state index contributed by atoms with van der Waals surface area (Å²) in [6.45, 7) is 5.49. The zero-order valence-electron chi connectivity index (χ0n) is 40.4. The fourth-order valence-corrected chi connectivity index (χ4v) is 7.35. The largest absolute Gasteiger partial charge is 0.481 e. The normalized spacial score (nSPS) is 14.3. The monoisotopic (exact) mass is 983 g/mol. The standard InChI is InChI=1S/C46H74N14O10/c1-46(2,3)39(65)28(22-38(63)64)21-36(61)31(15-8-10-18-48)56-44(70)35(24-37(50)62)60-42(68)33(20-27-12-5-4-6-13-27)59-41(67)32(16-11-19-54-45(51)52)57-43(69)34(23-29-25-53-26-55-29)58-40(66)30(49)14-7-9-17-47/h4-6,12-13,25-26,28,30-35H,7-11,14-24,47-49H2,1-3H3,(H2,50,62)(H,53,55)(H,56,70)(H,57,69)(H,58,66)(H,59,67)(H,60,68)(H,63,64)(H4,51,52,54)/t28-,30-,31-,32-,33-,34-,35-/m0/s1. The summed E-state index contributed by atoms with van der Waals surface area (Å²) in [4.78, 5) is 132. The molecule has 0 saturated heterocycles. The van der Waals surface area contributed by atoms with Gasteiger partial charge in [-0.2, -0.15) is 0 Å². The number of Topliss-reactive ketones (excluding diaryl/α,β-unsaturated/α-hetero) is 2. The number of carbonyl (C=O) groups is 9. The Kier molecular flexibility index (Phi) is 26.0. The van der Waals surface area contributed by atoms with E-state index in [2.05, 4.69) is 41.5 Å². The number of benzene rings is 1. The number of hydrogen-bond acceptors (Lipinski definition) is 14. The Morgan fingerprint density at radius 2 is 1.19 bits per heavy atom. The van der Waals surface area contributed by atoms with Crippen LogP contribution in [-0.2, 0) is 56.0 Å².